The van der Waals surface area contributed by atoms with Gasteiger partial charge in [-0.25, -0.2) is 9.79 Å². The number of carbonyl (C=O) groups excluding carboxylic acids is 1. The molecule has 0 spiro atoms. The summed E-state index contributed by atoms with van der Waals surface area (Å²) in [6.45, 7) is 1.56. The molecule has 120 valence electrons. The number of hydrogen-bond acceptors (Lipinski definition) is 7. The summed E-state index contributed by atoms with van der Waals surface area (Å²) >= 11 is 0. The molecule has 8 nitrogen and oxygen atoms in total. The zero-order valence-electron chi connectivity index (χ0n) is 12.7. The molecular formula is C15H14N2O6. The number of ether oxygens (including phenoxy) is 2. The number of nitro groups is 1. The van der Waals surface area contributed by atoms with Crippen molar-refractivity contribution in [3.63, 3.8) is 0 Å². The second kappa shape index (κ2) is 6.30. The average Bonchev–Trinajstić information content (AvgIpc) is 2.80. The summed E-state index contributed by atoms with van der Waals surface area (Å²) in [7, 11) is 2.53. The van der Waals surface area contributed by atoms with Crippen LogP contribution in [0.3, 0.4) is 0 Å². The second-order valence-electron chi connectivity index (χ2n) is 4.63. The van der Waals surface area contributed by atoms with Gasteiger partial charge in [-0.3, -0.25) is 10.1 Å². The van der Waals surface area contributed by atoms with E-state index in [1.807, 2.05) is 0 Å². The Morgan fingerprint density at radius 2 is 2.09 bits per heavy atom. The molecule has 1 N–H and O–H groups in total. The molecule has 2 rings (SSSR count). The normalized spacial score (nSPS) is 15.6. The monoisotopic (exact) mass is 318 g/mol. The molecule has 0 atom stereocenters. The van der Waals surface area contributed by atoms with Crippen molar-refractivity contribution in [1.29, 1.82) is 0 Å². The van der Waals surface area contributed by atoms with Gasteiger partial charge in [-0.15, -0.1) is 0 Å². The topological polar surface area (TPSA) is 111 Å². The van der Waals surface area contributed by atoms with Crippen molar-refractivity contribution in [2.24, 2.45) is 4.99 Å². The summed E-state index contributed by atoms with van der Waals surface area (Å²) in [4.78, 5) is 26.1. The number of aliphatic imine (C=N–C) groups is 1. The van der Waals surface area contributed by atoms with Crippen LogP contribution < -0.4 is 4.74 Å². The van der Waals surface area contributed by atoms with E-state index in [2.05, 4.69) is 9.73 Å². The van der Waals surface area contributed by atoms with E-state index in [1.54, 1.807) is 13.0 Å². The van der Waals surface area contributed by atoms with Crippen LogP contribution in [0.5, 0.6) is 5.75 Å². The Morgan fingerprint density at radius 1 is 1.39 bits per heavy atom. The zero-order chi connectivity index (χ0) is 17.1. The smallest absolute Gasteiger partial charge is 0.343 e. The lowest BCUT2D eigenvalue weighted by Gasteiger charge is -2.03. The van der Waals surface area contributed by atoms with Crippen LogP contribution in [0.2, 0.25) is 0 Å². The number of nitrogens with zero attached hydrogens (tertiary/aromatic N) is 2. The van der Waals surface area contributed by atoms with E-state index in [9.17, 15) is 20.0 Å². The predicted molar refractivity (Wildman–Crippen MR) is 82.4 cm³/mol. The van der Waals surface area contributed by atoms with Crippen LogP contribution in [0.25, 0.3) is 6.08 Å². The number of methoxy groups -OCH3 is 2. The van der Waals surface area contributed by atoms with Crippen molar-refractivity contribution in [2.75, 3.05) is 14.2 Å². The fourth-order valence-electron chi connectivity index (χ4n) is 2.13. The van der Waals surface area contributed by atoms with Crippen LogP contribution in [0.15, 0.2) is 40.2 Å². The molecule has 0 saturated heterocycles. The van der Waals surface area contributed by atoms with E-state index >= 15 is 0 Å². The van der Waals surface area contributed by atoms with E-state index in [0.717, 1.165) is 0 Å². The largest absolute Gasteiger partial charge is 0.505 e. The maximum Gasteiger partial charge on any atom is 0.343 e. The lowest BCUT2D eigenvalue weighted by molar-refractivity contribution is -0.385. The highest BCUT2D eigenvalue weighted by molar-refractivity contribution is 6.21. The summed E-state index contributed by atoms with van der Waals surface area (Å²) < 4.78 is 9.51. The maximum atomic E-state index is 11.6. The molecule has 0 amide bonds. The molecule has 0 fully saturated rings. The molecule has 0 unspecified atom stereocenters. The summed E-state index contributed by atoms with van der Waals surface area (Å²) in [5, 5.41) is 21.1. The van der Waals surface area contributed by atoms with Crippen molar-refractivity contribution in [3.05, 3.63) is 50.9 Å². The molecule has 1 aliphatic rings. The first-order chi connectivity index (χ1) is 10.9. The van der Waals surface area contributed by atoms with Crippen molar-refractivity contribution in [2.45, 2.75) is 6.92 Å². The van der Waals surface area contributed by atoms with E-state index in [-0.39, 0.29) is 28.5 Å². The fraction of sp³-hybridized carbons (Fsp3) is 0.200. The van der Waals surface area contributed by atoms with Gasteiger partial charge in [-0.2, -0.15) is 0 Å². The first-order valence-corrected chi connectivity index (χ1v) is 6.50. The average molecular weight is 318 g/mol. The van der Waals surface area contributed by atoms with E-state index in [4.69, 9.17) is 4.74 Å². The highest BCUT2D eigenvalue weighted by Gasteiger charge is 2.27. The van der Waals surface area contributed by atoms with Gasteiger partial charge in [0.05, 0.1) is 24.9 Å². The Morgan fingerprint density at radius 3 is 2.65 bits per heavy atom. The molecule has 0 radical (unpaired) electrons. The number of hydrogen-bond donors (Lipinski definition) is 1. The Kier molecular flexibility index (Phi) is 4.44. The minimum Gasteiger partial charge on any atom is -0.505 e. The van der Waals surface area contributed by atoms with Gasteiger partial charge in [0.2, 0.25) is 0 Å². The van der Waals surface area contributed by atoms with Crippen molar-refractivity contribution in [3.8, 4) is 5.75 Å². The predicted octanol–water partition coefficient (Wildman–Crippen LogP) is 2.40. The fourth-order valence-corrected chi connectivity index (χ4v) is 2.13. The van der Waals surface area contributed by atoms with Crippen LogP contribution in [-0.4, -0.2) is 35.9 Å². The number of esters is 1. The molecule has 1 aromatic rings. The van der Waals surface area contributed by atoms with E-state index < -0.39 is 10.9 Å². The number of aliphatic hydroxyl groups is 1. The molecule has 8 heteroatoms. The lowest BCUT2D eigenvalue weighted by Crippen LogP contribution is -2.11. The minimum absolute atomic E-state index is 0.0261. The summed E-state index contributed by atoms with van der Waals surface area (Å²) in [5.41, 5.74) is 0.631. The van der Waals surface area contributed by atoms with Crippen molar-refractivity contribution in [1.82, 2.24) is 0 Å². The van der Waals surface area contributed by atoms with Gasteiger partial charge in [0, 0.05) is 6.07 Å². The van der Waals surface area contributed by atoms with Gasteiger partial charge >= 0.3 is 11.7 Å². The van der Waals surface area contributed by atoms with Crippen molar-refractivity contribution >= 4 is 23.4 Å². The van der Waals surface area contributed by atoms with Crippen LogP contribution in [0, 0.1) is 10.1 Å². The van der Waals surface area contributed by atoms with Gasteiger partial charge in [0.25, 0.3) is 0 Å². The number of carbonyl (C=O) groups is 1. The number of nitro benzene ring substituents is 1. The third-order valence-electron chi connectivity index (χ3n) is 3.22. The summed E-state index contributed by atoms with van der Waals surface area (Å²) in [6.07, 6.45) is 1.43. The second-order valence-corrected chi connectivity index (χ2v) is 4.63. The lowest BCUT2D eigenvalue weighted by atomic mass is 10.1. The third-order valence-corrected chi connectivity index (χ3v) is 3.22. The summed E-state index contributed by atoms with van der Waals surface area (Å²) in [6, 6.07) is 4.31. The zero-order valence-corrected chi connectivity index (χ0v) is 12.7. The molecule has 1 aliphatic heterocycles. The van der Waals surface area contributed by atoms with Crippen LogP contribution in [0.4, 0.5) is 5.69 Å². The molecule has 1 aromatic carbocycles. The molecule has 1 heterocycles. The molecular weight excluding hydrogens is 304 g/mol. The molecule has 0 aromatic heterocycles. The van der Waals surface area contributed by atoms with Crippen LogP contribution >= 0.6 is 0 Å². The van der Waals surface area contributed by atoms with Gasteiger partial charge in [-0.05, 0) is 24.6 Å². The van der Waals surface area contributed by atoms with E-state index in [1.165, 1.54) is 32.4 Å². The van der Waals surface area contributed by atoms with Gasteiger partial charge in [0.15, 0.2) is 11.5 Å². The van der Waals surface area contributed by atoms with Crippen LogP contribution in [-0.2, 0) is 9.53 Å². The third kappa shape index (κ3) is 3.05. The SMILES string of the molecule is COC(=O)C1=C(O)C(=Cc2ccc(OC)c([N+](=O)[O-])c2)N=C1C. The highest BCUT2D eigenvalue weighted by Crippen LogP contribution is 2.31. The standard InChI is InChI=1S/C15H14N2O6/c1-8-13(15(19)23-3)14(18)10(16-8)6-9-4-5-12(22-2)11(7-9)17(20)21/h4-7,18H,1-3H3. The molecule has 23 heavy (non-hydrogen) atoms. The van der Waals surface area contributed by atoms with Crippen molar-refractivity contribution < 1.29 is 24.3 Å². The number of aliphatic hydroxyl groups excluding tert-OH is 1. The maximum absolute atomic E-state index is 11.6. The van der Waals surface area contributed by atoms with Gasteiger partial charge in [0.1, 0.15) is 11.3 Å². The Labute approximate surface area is 131 Å². The summed E-state index contributed by atoms with van der Waals surface area (Å²) in [5.74, 6) is -0.904. The Hall–Kier alpha value is -3.16. The first kappa shape index (κ1) is 16.2. The molecule has 0 bridgehead atoms. The number of rotatable bonds is 4. The number of benzene rings is 1. The van der Waals surface area contributed by atoms with Crippen LogP contribution in [0.1, 0.15) is 12.5 Å². The van der Waals surface area contributed by atoms with Gasteiger partial charge < -0.3 is 14.6 Å². The Balaban J connectivity index is 2.48. The Bertz CT molecular complexity index is 776. The van der Waals surface area contributed by atoms with E-state index in [0.29, 0.717) is 11.3 Å². The molecule has 0 saturated carbocycles. The quantitative estimate of drug-likeness (QED) is 0.518. The molecule has 0 aliphatic carbocycles. The highest BCUT2D eigenvalue weighted by atomic mass is 16.6. The minimum atomic E-state index is -0.701. The first-order valence-electron chi connectivity index (χ1n) is 6.50. The van der Waals surface area contributed by atoms with Gasteiger partial charge in [-0.1, -0.05) is 6.07 Å².